The third-order valence-corrected chi connectivity index (χ3v) is 4.76. The van der Waals surface area contributed by atoms with E-state index >= 15 is 0 Å². The molecule has 0 radical (unpaired) electrons. The fourth-order valence-electron chi connectivity index (χ4n) is 2.76. The molecule has 3 aromatic rings. The summed E-state index contributed by atoms with van der Waals surface area (Å²) in [7, 11) is 0. The highest BCUT2D eigenvalue weighted by Crippen LogP contribution is 2.32. The summed E-state index contributed by atoms with van der Waals surface area (Å²) in [6.45, 7) is 5.09. The van der Waals surface area contributed by atoms with Crippen LogP contribution < -0.4 is 5.32 Å². The Bertz CT molecular complexity index is 844. The van der Waals surface area contributed by atoms with Crippen molar-refractivity contribution in [2.75, 3.05) is 11.9 Å². The Kier molecular flexibility index (Phi) is 4.63. The summed E-state index contributed by atoms with van der Waals surface area (Å²) in [5.74, 6) is 0.797. The standard InChI is InChI=1S/C17H19BrN4O/c1-11-12(2)22(8-5-9-23)17-15(11)16(19-10-20-17)21-14-7-4-3-6-13(14)18/h3-4,6-7,10,23H,5,8-9H2,1-2H3,(H,19,20,21). The molecular formula is C17H19BrN4O. The molecule has 0 aliphatic carbocycles. The molecule has 2 aromatic heterocycles. The van der Waals surface area contributed by atoms with Crippen LogP contribution in [0.15, 0.2) is 35.1 Å². The van der Waals surface area contributed by atoms with Crippen LogP contribution in [0.25, 0.3) is 11.0 Å². The molecule has 0 fully saturated rings. The van der Waals surface area contributed by atoms with Gasteiger partial charge in [-0.15, -0.1) is 0 Å². The third-order valence-electron chi connectivity index (χ3n) is 4.07. The number of para-hydroxylation sites is 1. The third kappa shape index (κ3) is 2.96. The molecule has 0 saturated heterocycles. The van der Waals surface area contributed by atoms with Gasteiger partial charge in [0.05, 0.1) is 11.1 Å². The predicted octanol–water partition coefficient (Wildman–Crippen LogP) is 3.94. The van der Waals surface area contributed by atoms with Crippen molar-refractivity contribution < 1.29 is 5.11 Å². The molecule has 0 bridgehead atoms. The highest BCUT2D eigenvalue weighted by Gasteiger charge is 2.16. The predicted molar refractivity (Wildman–Crippen MR) is 96.1 cm³/mol. The van der Waals surface area contributed by atoms with Crippen LogP contribution in [0.3, 0.4) is 0 Å². The molecule has 5 nitrogen and oxygen atoms in total. The van der Waals surface area contributed by atoms with Gasteiger partial charge < -0.3 is 15.0 Å². The number of aliphatic hydroxyl groups excluding tert-OH is 1. The molecule has 1 aromatic carbocycles. The summed E-state index contributed by atoms with van der Waals surface area (Å²) < 4.78 is 3.13. The number of hydrogen-bond acceptors (Lipinski definition) is 4. The van der Waals surface area contributed by atoms with Gasteiger partial charge in [0.25, 0.3) is 0 Å². The van der Waals surface area contributed by atoms with Gasteiger partial charge in [-0.2, -0.15) is 0 Å². The van der Waals surface area contributed by atoms with E-state index in [1.54, 1.807) is 6.33 Å². The smallest absolute Gasteiger partial charge is 0.145 e. The first kappa shape index (κ1) is 16.0. The van der Waals surface area contributed by atoms with Crippen molar-refractivity contribution in [1.29, 1.82) is 0 Å². The van der Waals surface area contributed by atoms with Gasteiger partial charge in [-0.3, -0.25) is 0 Å². The van der Waals surface area contributed by atoms with Gasteiger partial charge in [-0.1, -0.05) is 12.1 Å². The molecule has 2 N–H and O–H groups in total. The molecule has 0 amide bonds. The van der Waals surface area contributed by atoms with Gasteiger partial charge >= 0.3 is 0 Å². The van der Waals surface area contributed by atoms with Crippen molar-refractivity contribution in [2.24, 2.45) is 0 Å². The summed E-state index contributed by atoms with van der Waals surface area (Å²) >= 11 is 3.55. The Morgan fingerprint density at radius 3 is 2.74 bits per heavy atom. The van der Waals surface area contributed by atoms with Crippen LogP contribution in [0.1, 0.15) is 17.7 Å². The number of aryl methyl sites for hydroxylation is 2. The minimum absolute atomic E-state index is 0.172. The van der Waals surface area contributed by atoms with Gasteiger partial charge in [0.15, 0.2) is 0 Å². The molecule has 120 valence electrons. The van der Waals surface area contributed by atoms with E-state index in [1.807, 2.05) is 24.3 Å². The van der Waals surface area contributed by atoms with E-state index in [0.717, 1.165) is 44.8 Å². The van der Waals surface area contributed by atoms with E-state index in [-0.39, 0.29) is 6.61 Å². The first-order valence-electron chi connectivity index (χ1n) is 7.56. The maximum absolute atomic E-state index is 9.11. The Morgan fingerprint density at radius 2 is 2.00 bits per heavy atom. The normalized spacial score (nSPS) is 11.1. The molecule has 0 aliphatic heterocycles. The van der Waals surface area contributed by atoms with E-state index in [0.29, 0.717) is 6.42 Å². The summed E-state index contributed by atoms with van der Waals surface area (Å²) in [5.41, 5.74) is 4.18. The van der Waals surface area contributed by atoms with Crippen LogP contribution >= 0.6 is 15.9 Å². The Balaban J connectivity index is 2.10. The molecule has 0 atom stereocenters. The number of hydrogen-bond donors (Lipinski definition) is 2. The maximum Gasteiger partial charge on any atom is 0.145 e. The zero-order chi connectivity index (χ0) is 16.4. The van der Waals surface area contributed by atoms with Crippen molar-refractivity contribution in [2.45, 2.75) is 26.8 Å². The highest BCUT2D eigenvalue weighted by molar-refractivity contribution is 9.10. The lowest BCUT2D eigenvalue weighted by Crippen LogP contribution is -2.03. The number of rotatable bonds is 5. The second kappa shape index (κ2) is 6.68. The second-order valence-electron chi connectivity index (χ2n) is 5.46. The van der Waals surface area contributed by atoms with Crippen LogP contribution in [0.2, 0.25) is 0 Å². The summed E-state index contributed by atoms with van der Waals surface area (Å²) in [6.07, 6.45) is 2.29. The van der Waals surface area contributed by atoms with Crippen LogP contribution in [0.4, 0.5) is 11.5 Å². The van der Waals surface area contributed by atoms with Crippen LogP contribution in [-0.2, 0) is 6.54 Å². The van der Waals surface area contributed by atoms with Crippen molar-refractivity contribution in [3.05, 3.63) is 46.3 Å². The largest absolute Gasteiger partial charge is 0.396 e. The number of halogens is 1. The van der Waals surface area contributed by atoms with Crippen LogP contribution in [-0.4, -0.2) is 26.2 Å². The molecule has 0 saturated carbocycles. The Labute approximate surface area is 143 Å². The zero-order valence-corrected chi connectivity index (χ0v) is 14.8. The van der Waals surface area contributed by atoms with Gasteiger partial charge in [0.2, 0.25) is 0 Å². The fraction of sp³-hybridized carbons (Fsp3) is 0.294. The Morgan fingerprint density at radius 1 is 1.22 bits per heavy atom. The van der Waals surface area contributed by atoms with Crippen molar-refractivity contribution in [3.63, 3.8) is 0 Å². The first-order valence-corrected chi connectivity index (χ1v) is 8.35. The first-order chi connectivity index (χ1) is 11.1. The second-order valence-corrected chi connectivity index (χ2v) is 6.32. The topological polar surface area (TPSA) is 63.0 Å². The van der Waals surface area contributed by atoms with Crippen molar-refractivity contribution in [1.82, 2.24) is 14.5 Å². The molecule has 6 heteroatoms. The minimum Gasteiger partial charge on any atom is -0.396 e. The summed E-state index contributed by atoms with van der Waals surface area (Å²) in [6, 6.07) is 7.95. The number of nitrogens with one attached hydrogen (secondary N) is 1. The molecular weight excluding hydrogens is 356 g/mol. The zero-order valence-electron chi connectivity index (χ0n) is 13.2. The lowest BCUT2D eigenvalue weighted by Gasteiger charge is -2.09. The van der Waals surface area contributed by atoms with E-state index in [4.69, 9.17) is 5.11 Å². The van der Waals surface area contributed by atoms with E-state index in [1.165, 1.54) is 0 Å². The summed E-state index contributed by atoms with van der Waals surface area (Å²) in [4.78, 5) is 8.89. The van der Waals surface area contributed by atoms with Gasteiger partial charge in [0.1, 0.15) is 17.8 Å². The molecule has 23 heavy (non-hydrogen) atoms. The van der Waals surface area contributed by atoms with Crippen molar-refractivity contribution in [3.8, 4) is 0 Å². The van der Waals surface area contributed by atoms with Gasteiger partial charge in [0, 0.05) is 23.3 Å². The quantitative estimate of drug-likeness (QED) is 0.709. The summed E-state index contributed by atoms with van der Waals surface area (Å²) in [5, 5.41) is 13.5. The van der Waals surface area contributed by atoms with Crippen molar-refractivity contribution >= 4 is 38.5 Å². The lowest BCUT2D eigenvalue weighted by molar-refractivity contribution is 0.280. The molecule has 2 heterocycles. The van der Waals surface area contributed by atoms with Crippen LogP contribution in [0, 0.1) is 13.8 Å². The van der Waals surface area contributed by atoms with E-state index in [2.05, 4.69) is 49.6 Å². The highest BCUT2D eigenvalue weighted by atomic mass is 79.9. The number of anilines is 2. The average Bonchev–Trinajstić information content (AvgIpc) is 2.80. The van der Waals surface area contributed by atoms with E-state index < -0.39 is 0 Å². The molecule has 0 unspecified atom stereocenters. The van der Waals surface area contributed by atoms with E-state index in [9.17, 15) is 0 Å². The van der Waals surface area contributed by atoms with Crippen LogP contribution in [0.5, 0.6) is 0 Å². The fourth-order valence-corrected chi connectivity index (χ4v) is 3.14. The lowest BCUT2D eigenvalue weighted by atomic mass is 10.2. The number of aromatic nitrogens is 3. The molecule has 0 spiro atoms. The Hall–Kier alpha value is -1.92. The number of nitrogens with zero attached hydrogens (tertiary/aromatic N) is 3. The minimum atomic E-state index is 0.172. The number of aliphatic hydroxyl groups is 1. The molecule has 3 rings (SSSR count). The monoisotopic (exact) mass is 374 g/mol. The average molecular weight is 375 g/mol. The molecule has 0 aliphatic rings. The van der Waals surface area contributed by atoms with Gasteiger partial charge in [-0.05, 0) is 53.9 Å². The maximum atomic E-state index is 9.11. The SMILES string of the molecule is Cc1c(C)n(CCCO)c2ncnc(Nc3ccccc3Br)c12. The number of benzene rings is 1. The van der Waals surface area contributed by atoms with Gasteiger partial charge in [-0.25, -0.2) is 9.97 Å². The number of fused-ring (bicyclic) bond motifs is 1.